The van der Waals surface area contributed by atoms with Gasteiger partial charge in [-0.3, -0.25) is 19.7 Å². The lowest BCUT2D eigenvalue weighted by Crippen LogP contribution is -2.17. The molecule has 3 heterocycles. The average molecular weight is 301 g/mol. The fraction of sp³-hybridized carbons (Fsp3) is 0. The topological polar surface area (TPSA) is 80.6 Å². The lowest BCUT2D eigenvalue weighted by molar-refractivity contribution is 0.108. The monoisotopic (exact) mass is 300 g/mol. The minimum Gasteiger partial charge on any atom is -0.296 e. The van der Waals surface area contributed by atoms with Gasteiger partial charge in [0.2, 0.25) is 0 Å². The maximum atomic E-state index is 12.4. The number of nitrogens with one attached hydrogen (secondary N) is 1. The van der Waals surface area contributed by atoms with Crippen LogP contribution >= 0.6 is 11.6 Å². The van der Waals surface area contributed by atoms with Gasteiger partial charge >= 0.3 is 0 Å². The average Bonchev–Trinajstić information content (AvgIpc) is 2.90. The molecule has 0 bridgehead atoms. The highest BCUT2D eigenvalue weighted by Crippen LogP contribution is 2.13. The van der Waals surface area contributed by atoms with Gasteiger partial charge in [0, 0.05) is 30.4 Å². The molecule has 3 aromatic heterocycles. The second kappa shape index (κ2) is 5.34. The number of rotatable bonds is 3. The zero-order valence-corrected chi connectivity index (χ0v) is 11.4. The van der Waals surface area contributed by atoms with Crippen LogP contribution in [-0.2, 0) is 0 Å². The Bertz CT molecular complexity index is 837. The van der Waals surface area contributed by atoms with Crippen LogP contribution in [0.5, 0.6) is 0 Å². The Morgan fingerprint density at radius 1 is 1.24 bits per heavy atom. The summed E-state index contributed by atoms with van der Waals surface area (Å²) < 4.78 is 1.28. The lowest BCUT2D eigenvalue weighted by Gasteiger charge is -2.00. The van der Waals surface area contributed by atoms with Crippen LogP contribution in [0.15, 0.2) is 53.8 Å². The van der Waals surface area contributed by atoms with Gasteiger partial charge in [0.05, 0.1) is 11.1 Å². The van der Waals surface area contributed by atoms with E-state index in [1.807, 2.05) is 0 Å². The van der Waals surface area contributed by atoms with E-state index in [1.165, 1.54) is 16.9 Å². The summed E-state index contributed by atoms with van der Waals surface area (Å²) in [7, 11) is 0. The number of aromatic nitrogens is 4. The predicted molar refractivity (Wildman–Crippen MR) is 77.6 cm³/mol. The fourth-order valence-electron chi connectivity index (χ4n) is 1.90. The molecule has 7 heteroatoms. The van der Waals surface area contributed by atoms with Gasteiger partial charge in [-0.25, -0.2) is 9.67 Å². The van der Waals surface area contributed by atoms with E-state index in [1.54, 1.807) is 36.8 Å². The van der Waals surface area contributed by atoms with Crippen LogP contribution in [0.4, 0.5) is 0 Å². The summed E-state index contributed by atoms with van der Waals surface area (Å²) in [5, 5.41) is 2.24. The number of nitrogens with zero attached hydrogens (tertiary/aromatic N) is 3. The first-order valence-corrected chi connectivity index (χ1v) is 6.41. The number of halogens is 1. The summed E-state index contributed by atoms with van der Waals surface area (Å²) in [6.45, 7) is 0. The van der Waals surface area contributed by atoms with Crippen molar-refractivity contribution >= 4 is 16.8 Å². The highest BCUT2D eigenvalue weighted by atomic mass is 35.5. The van der Waals surface area contributed by atoms with Crippen LogP contribution in [0, 0.1) is 0 Å². The molecular weight excluding hydrogens is 292 g/mol. The van der Waals surface area contributed by atoms with E-state index in [4.69, 9.17) is 11.6 Å². The largest absolute Gasteiger partial charge is 0.296 e. The normalized spacial score (nSPS) is 10.5. The Labute approximate surface area is 124 Å². The molecule has 0 aliphatic carbocycles. The van der Waals surface area contributed by atoms with E-state index in [9.17, 15) is 9.59 Å². The summed E-state index contributed by atoms with van der Waals surface area (Å²) in [6.07, 6.45) is 6.15. The summed E-state index contributed by atoms with van der Waals surface area (Å²) >= 11 is 5.35. The third-order valence-corrected chi connectivity index (χ3v) is 3.17. The van der Waals surface area contributed by atoms with Gasteiger partial charge in [0.15, 0.2) is 5.82 Å². The highest BCUT2D eigenvalue weighted by Gasteiger charge is 2.11. The second-order valence-corrected chi connectivity index (χ2v) is 4.59. The molecule has 0 radical (unpaired) electrons. The standard InChI is InChI=1S/C14H9ClN4O2/c15-13(20)10-3-4-12(17-7-10)19-14(21)11(8-18-19)9-2-1-5-16-6-9/h1-8,18H. The minimum absolute atomic E-state index is 0.250. The van der Waals surface area contributed by atoms with E-state index in [0.29, 0.717) is 16.9 Å². The molecule has 3 rings (SSSR count). The summed E-state index contributed by atoms with van der Waals surface area (Å²) in [5.41, 5.74) is 1.22. The number of hydrogen-bond donors (Lipinski definition) is 1. The number of pyridine rings is 2. The maximum absolute atomic E-state index is 12.4. The van der Waals surface area contributed by atoms with Gasteiger partial charge in [0.1, 0.15) is 0 Å². The Morgan fingerprint density at radius 2 is 2.10 bits per heavy atom. The number of H-pyrrole nitrogens is 1. The molecule has 0 unspecified atom stereocenters. The van der Waals surface area contributed by atoms with Gasteiger partial charge in [-0.15, -0.1) is 0 Å². The SMILES string of the molecule is O=C(Cl)c1ccc(-n2[nH]cc(-c3cccnc3)c2=O)nc1. The third-order valence-electron chi connectivity index (χ3n) is 2.95. The van der Waals surface area contributed by atoms with Crippen molar-refractivity contribution in [1.82, 2.24) is 19.7 Å². The zero-order chi connectivity index (χ0) is 14.8. The maximum Gasteiger partial charge on any atom is 0.280 e. The van der Waals surface area contributed by atoms with Crippen molar-refractivity contribution in [2.24, 2.45) is 0 Å². The molecular formula is C14H9ClN4O2. The van der Waals surface area contributed by atoms with Crippen molar-refractivity contribution < 1.29 is 4.79 Å². The number of hydrogen-bond acceptors (Lipinski definition) is 4. The molecule has 0 aromatic carbocycles. The van der Waals surface area contributed by atoms with Gasteiger partial charge in [-0.05, 0) is 29.8 Å². The Morgan fingerprint density at radius 3 is 2.71 bits per heavy atom. The summed E-state index contributed by atoms with van der Waals surface area (Å²) in [6, 6.07) is 6.60. The zero-order valence-electron chi connectivity index (χ0n) is 10.7. The van der Waals surface area contributed by atoms with Crippen molar-refractivity contribution in [2.75, 3.05) is 0 Å². The molecule has 0 fully saturated rings. The molecule has 1 N–H and O–H groups in total. The molecule has 6 nitrogen and oxygen atoms in total. The van der Waals surface area contributed by atoms with Crippen LogP contribution < -0.4 is 5.56 Å². The van der Waals surface area contributed by atoms with Gasteiger partial charge in [0.25, 0.3) is 10.8 Å². The molecule has 0 aliphatic rings. The Hall–Kier alpha value is -2.73. The van der Waals surface area contributed by atoms with Crippen molar-refractivity contribution in [2.45, 2.75) is 0 Å². The van der Waals surface area contributed by atoms with E-state index < -0.39 is 5.24 Å². The number of aromatic amines is 1. The molecule has 0 spiro atoms. The second-order valence-electron chi connectivity index (χ2n) is 4.25. The smallest absolute Gasteiger partial charge is 0.280 e. The molecule has 0 aliphatic heterocycles. The van der Waals surface area contributed by atoms with Crippen LogP contribution in [0.25, 0.3) is 16.9 Å². The van der Waals surface area contributed by atoms with E-state index >= 15 is 0 Å². The first-order chi connectivity index (χ1) is 10.2. The molecule has 0 saturated heterocycles. The van der Waals surface area contributed by atoms with Gasteiger partial charge < -0.3 is 0 Å². The van der Waals surface area contributed by atoms with Gasteiger partial charge in [-0.1, -0.05) is 6.07 Å². The van der Waals surface area contributed by atoms with Crippen LogP contribution in [0.1, 0.15) is 10.4 Å². The van der Waals surface area contributed by atoms with E-state index in [0.717, 1.165) is 0 Å². The fourth-order valence-corrected chi connectivity index (χ4v) is 2.02. The predicted octanol–water partition coefficient (Wildman–Crippen LogP) is 2.00. The first-order valence-electron chi connectivity index (χ1n) is 6.04. The summed E-state index contributed by atoms with van der Waals surface area (Å²) in [4.78, 5) is 31.4. The van der Waals surface area contributed by atoms with Crippen molar-refractivity contribution in [1.29, 1.82) is 0 Å². The van der Waals surface area contributed by atoms with Crippen LogP contribution in [-0.4, -0.2) is 25.0 Å². The van der Waals surface area contributed by atoms with Crippen molar-refractivity contribution in [3.8, 4) is 16.9 Å². The molecule has 0 atom stereocenters. The number of carbonyl (C=O) groups is 1. The lowest BCUT2D eigenvalue weighted by atomic mass is 10.2. The molecule has 0 amide bonds. The van der Waals surface area contributed by atoms with E-state index in [2.05, 4.69) is 15.1 Å². The minimum atomic E-state index is -0.594. The number of carbonyl (C=O) groups excluding carboxylic acids is 1. The molecule has 104 valence electrons. The van der Waals surface area contributed by atoms with Gasteiger partial charge in [-0.2, -0.15) is 0 Å². The van der Waals surface area contributed by atoms with E-state index in [-0.39, 0.29) is 11.1 Å². The van der Waals surface area contributed by atoms with Crippen LogP contribution in [0.3, 0.4) is 0 Å². The Balaban J connectivity index is 2.03. The van der Waals surface area contributed by atoms with Crippen molar-refractivity contribution in [3.05, 3.63) is 65.0 Å². The third kappa shape index (κ3) is 2.48. The van der Waals surface area contributed by atoms with Crippen LogP contribution in [0.2, 0.25) is 0 Å². The summed E-state index contributed by atoms with van der Waals surface area (Å²) in [5.74, 6) is 0.372. The molecule has 3 aromatic rings. The Kier molecular flexibility index (Phi) is 3.37. The van der Waals surface area contributed by atoms with Crippen molar-refractivity contribution in [3.63, 3.8) is 0 Å². The quantitative estimate of drug-likeness (QED) is 0.750. The molecule has 0 saturated carbocycles. The first kappa shape index (κ1) is 13.3. The molecule has 21 heavy (non-hydrogen) atoms. The highest BCUT2D eigenvalue weighted by molar-refractivity contribution is 6.67.